The highest BCUT2D eigenvalue weighted by Gasteiger charge is 2.42. The van der Waals surface area contributed by atoms with Gasteiger partial charge >= 0.3 is 0 Å². The molecular formula is C41H36O4. The van der Waals surface area contributed by atoms with Gasteiger partial charge in [-0.25, -0.2) is 0 Å². The van der Waals surface area contributed by atoms with E-state index in [1.165, 1.54) is 0 Å². The third-order valence-electron chi connectivity index (χ3n) is 9.30. The lowest BCUT2D eigenvalue weighted by molar-refractivity contribution is -0.0205. The number of rotatable bonds is 10. The molecule has 0 amide bonds. The van der Waals surface area contributed by atoms with Crippen LogP contribution in [-0.4, -0.2) is 36.6 Å². The van der Waals surface area contributed by atoms with E-state index in [1.54, 1.807) is 26.4 Å². The highest BCUT2D eigenvalue weighted by Crippen LogP contribution is 2.43. The molecule has 4 atom stereocenters. The molecule has 0 heterocycles. The number of terminal acetylenes is 2. The van der Waals surface area contributed by atoms with Gasteiger partial charge in [-0.1, -0.05) is 97.1 Å². The van der Waals surface area contributed by atoms with Crippen molar-refractivity contribution in [1.29, 1.82) is 0 Å². The van der Waals surface area contributed by atoms with Crippen molar-refractivity contribution in [3.63, 3.8) is 0 Å². The summed E-state index contributed by atoms with van der Waals surface area (Å²) in [4.78, 5) is 0. The summed E-state index contributed by atoms with van der Waals surface area (Å²) in [5, 5.41) is 28.2. The first-order valence-corrected chi connectivity index (χ1v) is 15.1. The maximum atomic E-state index is 11.8. The van der Waals surface area contributed by atoms with E-state index in [0.29, 0.717) is 0 Å². The fourth-order valence-electron chi connectivity index (χ4n) is 6.97. The van der Waals surface area contributed by atoms with Gasteiger partial charge in [-0.3, -0.25) is 0 Å². The molecule has 0 aromatic heterocycles. The van der Waals surface area contributed by atoms with Crippen LogP contribution in [0, 0.1) is 30.1 Å². The summed E-state index contributed by atoms with van der Waals surface area (Å²) >= 11 is 0. The minimum Gasteiger partial charge on any atom is -0.500 e. The summed E-state index contributed by atoms with van der Waals surface area (Å²) in [6.45, 7) is 0. The zero-order valence-corrected chi connectivity index (χ0v) is 25.5. The Kier molecular flexibility index (Phi) is 8.38. The van der Waals surface area contributed by atoms with Crippen molar-refractivity contribution < 1.29 is 19.7 Å². The normalized spacial score (nSPS) is 18.7. The lowest BCUT2D eigenvalue weighted by Gasteiger charge is -2.37. The first-order chi connectivity index (χ1) is 21.9. The van der Waals surface area contributed by atoms with Crippen molar-refractivity contribution in [2.75, 3.05) is 14.2 Å². The number of methoxy groups -OCH3 is 2. The van der Waals surface area contributed by atoms with E-state index in [1.807, 2.05) is 48.6 Å². The summed E-state index contributed by atoms with van der Waals surface area (Å²) in [7, 11) is 3.30. The lowest BCUT2D eigenvalue weighted by atomic mass is 9.70. The van der Waals surface area contributed by atoms with E-state index in [0.717, 1.165) is 55.3 Å². The largest absolute Gasteiger partial charge is 0.500 e. The minimum absolute atomic E-state index is 0.0698. The van der Waals surface area contributed by atoms with Crippen LogP contribution in [0.15, 0.2) is 109 Å². The van der Waals surface area contributed by atoms with Crippen LogP contribution in [0.5, 0.6) is 0 Å². The van der Waals surface area contributed by atoms with Gasteiger partial charge in [0.05, 0.1) is 43.7 Å². The molecule has 0 bridgehead atoms. The Morgan fingerprint density at radius 1 is 0.689 bits per heavy atom. The van der Waals surface area contributed by atoms with Gasteiger partial charge in [0.15, 0.2) is 0 Å². The SMILES string of the molecule is C#CCC(CC#C)(C(O)/C=C/C1C(OC)=Cc2cccc3cccc1c23)C(O)/C=C/C1C(OC)=Cc2cccc3cccc1c23. The molecule has 0 spiro atoms. The van der Waals surface area contributed by atoms with Crippen molar-refractivity contribution in [2.45, 2.75) is 36.9 Å². The highest BCUT2D eigenvalue weighted by atomic mass is 16.5. The Balaban J connectivity index is 1.35. The molecule has 2 aliphatic carbocycles. The topological polar surface area (TPSA) is 58.9 Å². The van der Waals surface area contributed by atoms with Gasteiger partial charge in [-0.2, -0.15) is 0 Å². The van der Waals surface area contributed by atoms with Gasteiger partial charge in [-0.05, 0) is 56.0 Å². The fraction of sp³-hybridized carbons (Fsp3) is 0.220. The number of allylic oxidation sites excluding steroid dienone is 2. The van der Waals surface area contributed by atoms with Crippen LogP contribution >= 0.6 is 0 Å². The molecule has 0 radical (unpaired) electrons. The van der Waals surface area contributed by atoms with Gasteiger partial charge in [-0.15, -0.1) is 24.7 Å². The van der Waals surface area contributed by atoms with Crippen molar-refractivity contribution in [3.05, 3.63) is 131 Å². The van der Waals surface area contributed by atoms with E-state index in [9.17, 15) is 10.2 Å². The predicted octanol–water partition coefficient (Wildman–Crippen LogP) is 7.73. The van der Waals surface area contributed by atoms with Crippen LogP contribution in [-0.2, 0) is 9.47 Å². The number of hydrogen-bond donors (Lipinski definition) is 2. The van der Waals surface area contributed by atoms with Crippen molar-refractivity contribution in [3.8, 4) is 24.7 Å². The summed E-state index contributed by atoms with van der Waals surface area (Å²) in [6.07, 6.45) is 20.9. The van der Waals surface area contributed by atoms with E-state index in [-0.39, 0.29) is 24.7 Å². The number of benzene rings is 4. The van der Waals surface area contributed by atoms with Crippen molar-refractivity contribution >= 4 is 33.7 Å². The Hall–Kier alpha value is -5.00. The van der Waals surface area contributed by atoms with Gasteiger partial charge in [0.2, 0.25) is 0 Å². The minimum atomic E-state index is -1.22. The third kappa shape index (κ3) is 5.23. The first-order valence-electron chi connectivity index (χ1n) is 15.1. The molecule has 4 nitrogen and oxygen atoms in total. The number of hydrogen-bond acceptors (Lipinski definition) is 4. The van der Waals surface area contributed by atoms with E-state index >= 15 is 0 Å². The predicted molar refractivity (Wildman–Crippen MR) is 183 cm³/mol. The quantitative estimate of drug-likeness (QED) is 0.146. The summed E-state index contributed by atoms with van der Waals surface area (Å²) < 4.78 is 11.6. The average Bonchev–Trinajstić information content (AvgIpc) is 3.07. The summed E-state index contributed by atoms with van der Waals surface area (Å²) in [6, 6.07) is 24.8. The molecule has 0 saturated carbocycles. The van der Waals surface area contributed by atoms with E-state index < -0.39 is 17.6 Å². The Labute approximate surface area is 265 Å². The first kappa shape index (κ1) is 30.0. The molecule has 0 fully saturated rings. The zero-order valence-electron chi connectivity index (χ0n) is 25.5. The fourth-order valence-corrected chi connectivity index (χ4v) is 6.97. The van der Waals surface area contributed by atoms with E-state index in [4.69, 9.17) is 22.3 Å². The highest BCUT2D eigenvalue weighted by molar-refractivity contribution is 5.97. The number of aliphatic hydroxyl groups is 2. The Bertz CT molecular complexity index is 1810. The van der Waals surface area contributed by atoms with Crippen LogP contribution in [0.1, 0.15) is 46.9 Å². The van der Waals surface area contributed by atoms with Gasteiger partial charge in [0.1, 0.15) is 11.5 Å². The maximum Gasteiger partial charge on any atom is 0.107 e. The molecule has 4 heteroatoms. The molecule has 2 aliphatic rings. The molecule has 2 N–H and O–H groups in total. The molecule has 6 rings (SSSR count). The van der Waals surface area contributed by atoms with Gasteiger partial charge in [0.25, 0.3) is 0 Å². The van der Waals surface area contributed by atoms with Gasteiger partial charge in [0, 0.05) is 12.8 Å². The van der Waals surface area contributed by atoms with Crippen LogP contribution in [0.2, 0.25) is 0 Å². The van der Waals surface area contributed by atoms with Crippen LogP contribution in [0.4, 0.5) is 0 Å². The van der Waals surface area contributed by atoms with Crippen LogP contribution in [0.25, 0.3) is 33.7 Å². The van der Waals surface area contributed by atoms with Crippen molar-refractivity contribution in [2.24, 2.45) is 5.41 Å². The molecule has 0 saturated heterocycles. The number of ether oxygens (including phenoxy) is 2. The lowest BCUT2D eigenvalue weighted by Crippen LogP contribution is -2.43. The molecule has 4 aromatic rings. The summed E-state index contributed by atoms with van der Waals surface area (Å²) in [5.74, 6) is 6.40. The summed E-state index contributed by atoms with van der Waals surface area (Å²) in [5.41, 5.74) is 3.12. The molecular weight excluding hydrogens is 556 g/mol. The second-order valence-electron chi connectivity index (χ2n) is 11.7. The Morgan fingerprint density at radius 2 is 1.09 bits per heavy atom. The van der Waals surface area contributed by atoms with Crippen molar-refractivity contribution in [1.82, 2.24) is 0 Å². The van der Waals surface area contributed by atoms with Crippen LogP contribution in [0.3, 0.4) is 0 Å². The number of aliphatic hydroxyl groups excluding tert-OH is 2. The second kappa shape index (κ2) is 12.5. The van der Waals surface area contributed by atoms with Crippen LogP contribution < -0.4 is 0 Å². The smallest absolute Gasteiger partial charge is 0.107 e. The standard InChI is InChI=1S/C41H36O4/c1-5-23-41(24-6-2,37(42)21-19-31-33-17-9-13-27-11-7-15-29(39(27)33)25-35(31)44-3)38(43)22-20-32-34-18-10-14-28-12-8-16-30(40(28)34)26-36(32)45-4/h1-2,7-22,25-26,31-32,37-38,42-43H,23-24H2,3-4H3/b21-19+,22-20+. The molecule has 4 unspecified atom stereocenters. The monoisotopic (exact) mass is 592 g/mol. The average molecular weight is 593 g/mol. The molecule has 224 valence electrons. The Morgan fingerprint density at radius 3 is 1.47 bits per heavy atom. The molecule has 45 heavy (non-hydrogen) atoms. The zero-order chi connectivity index (χ0) is 31.6. The molecule has 4 aromatic carbocycles. The maximum absolute atomic E-state index is 11.8. The van der Waals surface area contributed by atoms with Gasteiger partial charge < -0.3 is 19.7 Å². The third-order valence-corrected chi connectivity index (χ3v) is 9.30. The van der Waals surface area contributed by atoms with E-state index in [2.05, 4.69) is 60.4 Å². The second-order valence-corrected chi connectivity index (χ2v) is 11.7. The molecule has 0 aliphatic heterocycles.